The lowest BCUT2D eigenvalue weighted by Crippen LogP contribution is -2.58. The molecular weight excluding hydrogens is 545 g/mol. The van der Waals surface area contributed by atoms with Crippen molar-refractivity contribution in [3.63, 3.8) is 0 Å². The van der Waals surface area contributed by atoms with E-state index in [4.69, 9.17) is 16.6 Å². The number of hydrogen-bond acceptors (Lipinski definition) is 7. The van der Waals surface area contributed by atoms with E-state index in [0.717, 1.165) is 5.56 Å². The van der Waals surface area contributed by atoms with Crippen LogP contribution in [0, 0.1) is 12.7 Å². The van der Waals surface area contributed by atoms with Crippen molar-refractivity contribution in [3.8, 4) is 16.9 Å². The molecule has 1 aliphatic rings. The predicted molar refractivity (Wildman–Crippen MR) is 158 cm³/mol. The summed E-state index contributed by atoms with van der Waals surface area (Å²) in [6, 6.07) is 7.55. The molecule has 11 heteroatoms. The van der Waals surface area contributed by atoms with Gasteiger partial charge in [0, 0.05) is 36.9 Å². The second kappa shape index (κ2) is 11.0. The highest BCUT2D eigenvalue weighted by Gasteiger charge is 2.34. The van der Waals surface area contributed by atoms with E-state index in [0.29, 0.717) is 30.3 Å². The fourth-order valence-electron chi connectivity index (χ4n) is 5.35. The molecule has 2 unspecified atom stereocenters. The van der Waals surface area contributed by atoms with Crippen LogP contribution >= 0.6 is 11.6 Å². The van der Waals surface area contributed by atoms with E-state index < -0.39 is 11.5 Å². The molecule has 3 aromatic heterocycles. The molecule has 4 heterocycles. The first kappa shape index (κ1) is 28.4. The van der Waals surface area contributed by atoms with Gasteiger partial charge in [-0.15, -0.1) is 0 Å². The van der Waals surface area contributed by atoms with Crippen LogP contribution in [0.5, 0.6) is 0 Å². The molecule has 0 radical (unpaired) electrons. The Labute approximate surface area is 242 Å². The molecule has 1 fully saturated rings. The quantitative estimate of drug-likeness (QED) is 0.306. The third-order valence-electron chi connectivity index (χ3n) is 7.42. The number of anilines is 1. The lowest BCUT2D eigenvalue weighted by atomic mass is 10.0. The average Bonchev–Trinajstić information content (AvgIpc) is 2.94. The number of carbonyl (C=O) groups excluding carboxylic acids is 1. The van der Waals surface area contributed by atoms with Gasteiger partial charge in [-0.2, -0.15) is 4.98 Å². The van der Waals surface area contributed by atoms with Crippen molar-refractivity contribution < 1.29 is 9.18 Å². The Morgan fingerprint density at radius 3 is 2.54 bits per heavy atom. The number of aryl methyl sites for hydroxylation is 1. The number of benzene rings is 1. The maximum atomic E-state index is 14.9. The number of rotatable bonds is 5. The Bertz CT molecular complexity index is 1740. The van der Waals surface area contributed by atoms with Gasteiger partial charge >= 0.3 is 5.69 Å². The zero-order valence-corrected chi connectivity index (χ0v) is 24.4. The summed E-state index contributed by atoms with van der Waals surface area (Å²) >= 11 is 6.67. The second-order valence-corrected chi connectivity index (χ2v) is 11.0. The smallest absolute Gasteiger partial charge is 0.348 e. The van der Waals surface area contributed by atoms with Gasteiger partial charge in [-0.3, -0.25) is 9.78 Å². The molecular formula is C30H31ClFN7O2. The molecule has 0 aliphatic carbocycles. The molecule has 1 amide bonds. The van der Waals surface area contributed by atoms with Crippen LogP contribution in [0.15, 0.2) is 54.0 Å². The van der Waals surface area contributed by atoms with Crippen LogP contribution in [-0.2, 0) is 4.79 Å². The number of fused-ring (bicyclic) bond motifs is 1. The maximum Gasteiger partial charge on any atom is 0.356 e. The minimum atomic E-state index is -0.578. The van der Waals surface area contributed by atoms with Crippen LogP contribution in [-0.4, -0.2) is 60.5 Å². The van der Waals surface area contributed by atoms with E-state index in [1.54, 1.807) is 29.3 Å². The van der Waals surface area contributed by atoms with Crippen LogP contribution in [0.25, 0.3) is 28.1 Å². The number of carbonyl (C=O) groups is 1. The van der Waals surface area contributed by atoms with E-state index in [1.807, 2.05) is 45.6 Å². The molecule has 212 valence electrons. The largest absolute Gasteiger partial charge is 0.356 e. The third kappa shape index (κ3) is 4.97. The topological polar surface area (TPSA) is 97.1 Å². The van der Waals surface area contributed by atoms with Crippen LogP contribution in [0.1, 0.15) is 44.9 Å². The van der Waals surface area contributed by atoms with Crippen molar-refractivity contribution in [2.45, 2.75) is 52.6 Å². The van der Waals surface area contributed by atoms with Gasteiger partial charge in [-0.25, -0.2) is 23.7 Å². The highest BCUT2D eigenvalue weighted by molar-refractivity contribution is 6.32. The average molecular weight is 576 g/mol. The minimum absolute atomic E-state index is 0.0193. The van der Waals surface area contributed by atoms with Crippen molar-refractivity contribution in [3.05, 3.63) is 81.9 Å². The third-order valence-corrected chi connectivity index (χ3v) is 7.68. The summed E-state index contributed by atoms with van der Waals surface area (Å²) < 4.78 is 16.3. The van der Waals surface area contributed by atoms with Gasteiger partial charge in [-0.1, -0.05) is 44.2 Å². The first-order valence-electron chi connectivity index (χ1n) is 13.4. The standard InChI is InChI=1S/C30H31ClFN7O2/c1-7-22(40)37-14-19(6)38(15-18(37)5)28-25-29(35-24(27(31)34-25)20-10-8-9-11-21(20)32)39(30(41)36-28)26-17(4)12-13-33-23(26)16(2)3/h7-13,16,18-19H,1,14-15H2,2-6H3. The normalized spacial score (nSPS) is 17.4. The molecule has 2 atom stereocenters. The van der Waals surface area contributed by atoms with Gasteiger partial charge in [0.2, 0.25) is 5.91 Å². The van der Waals surface area contributed by atoms with Crippen molar-refractivity contribution in [2.75, 3.05) is 18.0 Å². The van der Waals surface area contributed by atoms with Crippen LogP contribution in [0.3, 0.4) is 0 Å². The van der Waals surface area contributed by atoms with Gasteiger partial charge in [0.05, 0.1) is 11.4 Å². The number of hydrogen-bond donors (Lipinski definition) is 0. The van der Waals surface area contributed by atoms with E-state index >= 15 is 0 Å². The molecule has 0 N–H and O–H groups in total. The number of halogens is 2. The summed E-state index contributed by atoms with van der Waals surface area (Å²) in [4.78, 5) is 48.7. The van der Waals surface area contributed by atoms with Gasteiger partial charge in [-0.05, 0) is 56.5 Å². The van der Waals surface area contributed by atoms with E-state index in [9.17, 15) is 14.0 Å². The van der Waals surface area contributed by atoms with E-state index in [1.165, 1.54) is 16.7 Å². The number of nitrogens with zero attached hydrogens (tertiary/aromatic N) is 7. The second-order valence-electron chi connectivity index (χ2n) is 10.6. The molecule has 0 saturated carbocycles. The number of piperazine rings is 1. The van der Waals surface area contributed by atoms with Gasteiger partial charge in [0.25, 0.3) is 0 Å². The molecule has 1 saturated heterocycles. The first-order valence-corrected chi connectivity index (χ1v) is 13.8. The fraction of sp³-hybridized carbons (Fsp3) is 0.333. The highest BCUT2D eigenvalue weighted by Crippen LogP contribution is 2.34. The highest BCUT2D eigenvalue weighted by atomic mass is 35.5. The fourth-order valence-corrected chi connectivity index (χ4v) is 5.58. The SMILES string of the molecule is C=CC(=O)N1CC(C)N(c2nc(=O)n(-c3c(C)ccnc3C(C)C)c3nc(-c4ccccc4F)c(Cl)nc23)CC1C. The van der Waals surface area contributed by atoms with Gasteiger partial charge < -0.3 is 9.80 Å². The Hall–Kier alpha value is -4.18. The summed E-state index contributed by atoms with van der Waals surface area (Å²) in [7, 11) is 0. The molecule has 4 aromatic rings. The van der Waals surface area contributed by atoms with Gasteiger partial charge in [0.15, 0.2) is 22.1 Å². The Morgan fingerprint density at radius 1 is 1.12 bits per heavy atom. The zero-order chi connectivity index (χ0) is 29.6. The minimum Gasteiger partial charge on any atom is -0.348 e. The van der Waals surface area contributed by atoms with Crippen molar-refractivity contribution in [2.24, 2.45) is 0 Å². The summed E-state index contributed by atoms with van der Waals surface area (Å²) in [6.45, 7) is 14.1. The van der Waals surface area contributed by atoms with Crippen LogP contribution in [0.4, 0.5) is 10.2 Å². The van der Waals surface area contributed by atoms with E-state index in [-0.39, 0.29) is 51.5 Å². The monoisotopic (exact) mass is 575 g/mol. The van der Waals surface area contributed by atoms with Gasteiger partial charge in [0.1, 0.15) is 11.5 Å². The zero-order valence-electron chi connectivity index (χ0n) is 23.6. The first-order chi connectivity index (χ1) is 19.5. The molecule has 0 bridgehead atoms. The van der Waals surface area contributed by atoms with Crippen molar-refractivity contribution >= 4 is 34.5 Å². The van der Waals surface area contributed by atoms with Crippen molar-refractivity contribution in [1.82, 2.24) is 29.4 Å². The predicted octanol–water partition coefficient (Wildman–Crippen LogP) is 5.07. The van der Waals surface area contributed by atoms with Crippen LogP contribution in [0.2, 0.25) is 5.15 Å². The van der Waals surface area contributed by atoms with Crippen molar-refractivity contribution in [1.29, 1.82) is 0 Å². The lowest BCUT2D eigenvalue weighted by molar-refractivity contribution is -0.128. The Balaban J connectivity index is 1.83. The summed E-state index contributed by atoms with van der Waals surface area (Å²) in [6.07, 6.45) is 3.00. The number of aromatic nitrogens is 5. The molecule has 1 aromatic carbocycles. The number of amides is 1. The maximum absolute atomic E-state index is 14.9. The summed E-state index contributed by atoms with van der Waals surface area (Å²) in [5, 5.41) is -0.0241. The Kier molecular flexibility index (Phi) is 7.61. The molecule has 9 nitrogen and oxygen atoms in total. The van der Waals surface area contributed by atoms with Crippen LogP contribution < -0.4 is 10.6 Å². The van der Waals surface area contributed by atoms with E-state index in [2.05, 4.69) is 21.5 Å². The molecule has 41 heavy (non-hydrogen) atoms. The Morgan fingerprint density at radius 2 is 1.85 bits per heavy atom. The lowest BCUT2D eigenvalue weighted by Gasteiger charge is -2.44. The molecule has 0 spiro atoms. The molecule has 5 rings (SSSR count). The summed E-state index contributed by atoms with van der Waals surface area (Å²) in [5.41, 5.74) is 2.20. The number of pyridine rings is 1. The molecule has 1 aliphatic heterocycles. The summed E-state index contributed by atoms with van der Waals surface area (Å²) in [5.74, 6) is -0.400.